The van der Waals surface area contributed by atoms with Gasteiger partial charge in [-0.1, -0.05) is 20.3 Å². The van der Waals surface area contributed by atoms with Gasteiger partial charge in [-0.2, -0.15) is 0 Å². The molecule has 24 heavy (non-hydrogen) atoms. The average molecular weight is 344 g/mol. The van der Waals surface area contributed by atoms with Crippen LogP contribution in [0.2, 0.25) is 0 Å². The van der Waals surface area contributed by atoms with Gasteiger partial charge in [0.15, 0.2) is 0 Å². The Morgan fingerprint density at radius 3 is 2.25 bits per heavy atom. The molecule has 0 aromatic carbocycles. The molecule has 0 saturated carbocycles. The van der Waals surface area contributed by atoms with Crippen LogP contribution in [0.4, 0.5) is 0 Å². The molecule has 0 aromatic heterocycles. The van der Waals surface area contributed by atoms with E-state index in [9.17, 15) is 19.2 Å². The lowest BCUT2D eigenvalue weighted by molar-refractivity contribution is -0.145. The second-order valence-electron chi connectivity index (χ2n) is 6.00. The summed E-state index contributed by atoms with van der Waals surface area (Å²) in [6.07, 6.45) is 0.744. The summed E-state index contributed by atoms with van der Waals surface area (Å²) in [6, 6.07) is -1.49. The molecule has 138 valence electrons. The van der Waals surface area contributed by atoms with Gasteiger partial charge in [-0.25, -0.2) is 0 Å². The lowest BCUT2D eigenvalue weighted by Crippen LogP contribution is -2.49. The van der Waals surface area contributed by atoms with E-state index < -0.39 is 35.8 Å². The maximum Gasteiger partial charge on any atom is 0.305 e. The highest BCUT2D eigenvalue weighted by Crippen LogP contribution is 2.05. The van der Waals surface area contributed by atoms with Gasteiger partial charge in [-0.15, -0.1) is 0 Å². The second kappa shape index (κ2) is 11.4. The fourth-order valence-electron chi connectivity index (χ4n) is 1.86. The standard InChI is InChI=1S/C16H28N2O6/c1-5-10(2)9-24-15(22)7-6-13(18-12(4)19)16(23)17-11(3)8-14(20)21/h10-11,13H,5-9H2,1-4H3,(H,17,23)(H,18,19)(H,20,21)/t10-,11+,13?/m1/s1. The molecule has 3 atom stereocenters. The van der Waals surface area contributed by atoms with E-state index in [1.807, 2.05) is 13.8 Å². The summed E-state index contributed by atoms with van der Waals surface area (Å²) in [4.78, 5) is 45.7. The molecule has 0 spiro atoms. The van der Waals surface area contributed by atoms with Crippen LogP contribution in [-0.4, -0.2) is 47.6 Å². The molecule has 8 heteroatoms. The molecule has 3 N–H and O–H groups in total. The molecule has 0 rings (SSSR count). The predicted molar refractivity (Wildman–Crippen MR) is 87.1 cm³/mol. The van der Waals surface area contributed by atoms with Crippen LogP contribution in [0.1, 0.15) is 53.4 Å². The van der Waals surface area contributed by atoms with Crippen molar-refractivity contribution in [2.75, 3.05) is 6.61 Å². The van der Waals surface area contributed by atoms with Crippen molar-refractivity contribution in [3.8, 4) is 0 Å². The largest absolute Gasteiger partial charge is 0.481 e. The van der Waals surface area contributed by atoms with Gasteiger partial charge in [0.1, 0.15) is 6.04 Å². The smallest absolute Gasteiger partial charge is 0.305 e. The Balaban J connectivity index is 4.49. The van der Waals surface area contributed by atoms with Gasteiger partial charge < -0.3 is 20.5 Å². The van der Waals surface area contributed by atoms with Gasteiger partial charge in [0.25, 0.3) is 0 Å². The van der Waals surface area contributed by atoms with Crippen LogP contribution in [0.5, 0.6) is 0 Å². The number of esters is 1. The van der Waals surface area contributed by atoms with Gasteiger partial charge in [0, 0.05) is 19.4 Å². The van der Waals surface area contributed by atoms with Crippen molar-refractivity contribution < 1.29 is 29.0 Å². The molecule has 2 amide bonds. The Bertz CT molecular complexity index is 452. The molecule has 0 fully saturated rings. The molecule has 0 heterocycles. The number of hydrogen-bond acceptors (Lipinski definition) is 5. The van der Waals surface area contributed by atoms with Crippen molar-refractivity contribution in [2.45, 2.75) is 65.5 Å². The minimum absolute atomic E-state index is 0.0118. The van der Waals surface area contributed by atoms with Crippen molar-refractivity contribution in [1.82, 2.24) is 10.6 Å². The Labute approximate surface area is 142 Å². The summed E-state index contributed by atoms with van der Waals surface area (Å²) >= 11 is 0. The maximum absolute atomic E-state index is 12.1. The van der Waals surface area contributed by atoms with Crippen LogP contribution in [0.25, 0.3) is 0 Å². The Morgan fingerprint density at radius 1 is 1.12 bits per heavy atom. The lowest BCUT2D eigenvalue weighted by atomic mass is 10.1. The zero-order valence-corrected chi connectivity index (χ0v) is 14.8. The summed E-state index contributed by atoms with van der Waals surface area (Å²) in [5.74, 6) is -2.13. The summed E-state index contributed by atoms with van der Waals surface area (Å²) in [5, 5.41) is 13.7. The fraction of sp³-hybridized carbons (Fsp3) is 0.750. The van der Waals surface area contributed by atoms with Gasteiger partial charge in [-0.05, 0) is 19.3 Å². The number of carbonyl (C=O) groups is 4. The highest BCUT2D eigenvalue weighted by atomic mass is 16.5. The number of carboxylic acid groups (broad SMARTS) is 1. The zero-order valence-electron chi connectivity index (χ0n) is 14.8. The second-order valence-corrected chi connectivity index (χ2v) is 6.00. The molecule has 0 aliphatic carbocycles. The highest BCUT2D eigenvalue weighted by Gasteiger charge is 2.23. The van der Waals surface area contributed by atoms with Crippen molar-refractivity contribution >= 4 is 23.8 Å². The predicted octanol–water partition coefficient (Wildman–Crippen LogP) is 0.840. The number of hydrogen-bond donors (Lipinski definition) is 3. The van der Waals surface area contributed by atoms with E-state index in [2.05, 4.69) is 10.6 Å². The number of amides is 2. The topological polar surface area (TPSA) is 122 Å². The molecule has 0 bridgehead atoms. The first-order valence-corrected chi connectivity index (χ1v) is 8.10. The lowest BCUT2D eigenvalue weighted by Gasteiger charge is -2.20. The van der Waals surface area contributed by atoms with E-state index in [1.165, 1.54) is 6.92 Å². The third-order valence-corrected chi connectivity index (χ3v) is 3.43. The minimum Gasteiger partial charge on any atom is -0.481 e. The first-order valence-electron chi connectivity index (χ1n) is 8.10. The number of ether oxygens (including phenoxy) is 1. The molecule has 0 aliphatic heterocycles. The molecule has 0 aliphatic rings. The Morgan fingerprint density at radius 2 is 1.75 bits per heavy atom. The first kappa shape index (κ1) is 21.9. The van der Waals surface area contributed by atoms with Gasteiger partial charge in [-0.3, -0.25) is 19.2 Å². The molecule has 1 unspecified atom stereocenters. The third-order valence-electron chi connectivity index (χ3n) is 3.43. The molecule has 0 saturated heterocycles. The molecule has 8 nitrogen and oxygen atoms in total. The summed E-state index contributed by atoms with van der Waals surface area (Å²) in [7, 11) is 0. The number of aliphatic carboxylic acids is 1. The van der Waals surface area contributed by atoms with Crippen LogP contribution in [-0.2, 0) is 23.9 Å². The van der Waals surface area contributed by atoms with Crippen LogP contribution in [0.15, 0.2) is 0 Å². The maximum atomic E-state index is 12.1. The van der Waals surface area contributed by atoms with Crippen molar-refractivity contribution in [3.05, 3.63) is 0 Å². The Hall–Kier alpha value is -2.12. The number of carboxylic acids is 1. The Kier molecular flexibility index (Phi) is 10.4. The minimum atomic E-state index is -1.03. The van der Waals surface area contributed by atoms with E-state index in [4.69, 9.17) is 9.84 Å². The van der Waals surface area contributed by atoms with E-state index in [0.29, 0.717) is 6.61 Å². The molecule has 0 radical (unpaired) electrons. The van der Waals surface area contributed by atoms with Crippen LogP contribution >= 0.6 is 0 Å². The van der Waals surface area contributed by atoms with Crippen LogP contribution < -0.4 is 10.6 Å². The fourth-order valence-corrected chi connectivity index (χ4v) is 1.86. The SMILES string of the molecule is CC[C@@H](C)COC(=O)CCC(NC(C)=O)C(=O)N[C@@H](C)CC(=O)O. The van der Waals surface area contributed by atoms with E-state index in [1.54, 1.807) is 6.92 Å². The average Bonchev–Trinajstić information content (AvgIpc) is 2.47. The first-order chi connectivity index (χ1) is 11.1. The molecular formula is C16H28N2O6. The molecule has 0 aromatic rings. The van der Waals surface area contributed by atoms with Crippen molar-refractivity contribution in [2.24, 2.45) is 5.92 Å². The summed E-state index contributed by atoms with van der Waals surface area (Å²) < 4.78 is 5.10. The van der Waals surface area contributed by atoms with Gasteiger partial charge in [0.05, 0.1) is 13.0 Å². The summed E-state index contributed by atoms with van der Waals surface area (Å²) in [5.41, 5.74) is 0. The van der Waals surface area contributed by atoms with Crippen molar-refractivity contribution in [3.63, 3.8) is 0 Å². The normalized spacial score (nSPS) is 14.2. The zero-order chi connectivity index (χ0) is 18.7. The number of carbonyl (C=O) groups excluding carboxylic acids is 3. The van der Waals surface area contributed by atoms with E-state index >= 15 is 0 Å². The number of rotatable bonds is 11. The van der Waals surface area contributed by atoms with Gasteiger partial charge >= 0.3 is 11.9 Å². The monoisotopic (exact) mass is 344 g/mol. The summed E-state index contributed by atoms with van der Waals surface area (Å²) in [6.45, 7) is 7.10. The van der Waals surface area contributed by atoms with Crippen LogP contribution in [0.3, 0.4) is 0 Å². The highest BCUT2D eigenvalue weighted by molar-refractivity contribution is 5.87. The van der Waals surface area contributed by atoms with E-state index in [-0.39, 0.29) is 25.2 Å². The quantitative estimate of drug-likeness (QED) is 0.478. The van der Waals surface area contributed by atoms with Crippen molar-refractivity contribution in [1.29, 1.82) is 0 Å². The van der Waals surface area contributed by atoms with Gasteiger partial charge in [0.2, 0.25) is 11.8 Å². The number of nitrogens with one attached hydrogen (secondary N) is 2. The van der Waals surface area contributed by atoms with Crippen LogP contribution in [0, 0.1) is 5.92 Å². The third kappa shape index (κ3) is 10.6. The van der Waals surface area contributed by atoms with E-state index in [0.717, 1.165) is 6.42 Å². The molecular weight excluding hydrogens is 316 g/mol.